The summed E-state index contributed by atoms with van der Waals surface area (Å²) in [5.41, 5.74) is -0.103. The number of amides is 1. The molecule has 3 rings (SSSR count). The predicted molar refractivity (Wildman–Crippen MR) is 81.7 cm³/mol. The Labute approximate surface area is 127 Å². The van der Waals surface area contributed by atoms with Crippen LogP contribution in [0.15, 0.2) is 46.6 Å². The highest BCUT2D eigenvalue weighted by atomic mass is 32.1. The third-order valence-corrected chi connectivity index (χ3v) is 4.74. The lowest BCUT2D eigenvalue weighted by atomic mass is 9.95. The second kappa shape index (κ2) is 5.87. The molecular formula is C16H17NO3S. The molecule has 0 unspecified atom stereocenters. The first-order chi connectivity index (χ1) is 10.2. The zero-order chi connectivity index (χ0) is 14.7. The Kier molecular flexibility index (Phi) is 3.94. The van der Waals surface area contributed by atoms with Crippen LogP contribution < -0.4 is 5.32 Å². The summed E-state index contributed by atoms with van der Waals surface area (Å²) in [4.78, 5) is 12.8. The minimum absolute atomic E-state index is 0.216. The van der Waals surface area contributed by atoms with Crippen LogP contribution in [-0.2, 0) is 10.4 Å². The van der Waals surface area contributed by atoms with Gasteiger partial charge in [-0.2, -0.15) is 0 Å². The highest BCUT2D eigenvalue weighted by Gasteiger charge is 2.45. The van der Waals surface area contributed by atoms with Crippen molar-refractivity contribution in [3.63, 3.8) is 0 Å². The van der Waals surface area contributed by atoms with Gasteiger partial charge in [-0.1, -0.05) is 6.07 Å². The number of aliphatic hydroxyl groups is 1. The van der Waals surface area contributed by atoms with E-state index >= 15 is 0 Å². The number of carbonyl (C=O) groups is 1. The lowest BCUT2D eigenvalue weighted by Gasteiger charge is -2.27. The van der Waals surface area contributed by atoms with Crippen LogP contribution in [0.2, 0.25) is 0 Å². The van der Waals surface area contributed by atoms with Gasteiger partial charge in [0, 0.05) is 16.5 Å². The Balaban J connectivity index is 1.61. The van der Waals surface area contributed by atoms with Crippen molar-refractivity contribution in [1.82, 2.24) is 5.32 Å². The Hall–Kier alpha value is -1.85. The summed E-state index contributed by atoms with van der Waals surface area (Å²) in [6, 6.07) is 5.63. The van der Waals surface area contributed by atoms with Gasteiger partial charge < -0.3 is 14.8 Å². The Morgan fingerprint density at radius 3 is 3.00 bits per heavy atom. The second-order valence-electron chi connectivity index (χ2n) is 5.28. The summed E-state index contributed by atoms with van der Waals surface area (Å²) >= 11 is 1.53. The minimum atomic E-state index is -0.937. The standard InChI is InChI=1S/C16H17NO3S/c18-15(6-3-12-7-8-20-10-12)17-11-16(19,13-4-5-13)14-2-1-9-21-14/h1-3,6-10,13,19H,4-5,11H2,(H,17,18)/b6-3+/t16-/m0/s1. The maximum atomic E-state index is 11.9. The molecule has 2 N–H and O–H groups in total. The van der Waals surface area contributed by atoms with E-state index in [-0.39, 0.29) is 18.4 Å². The number of rotatable bonds is 6. The second-order valence-corrected chi connectivity index (χ2v) is 6.23. The molecule has 4 nitrogen and oxygen atoms in total. The summed E-state index contributed by atoms with van der Waals surface area (Å²) < 4.78 is 4.93. The van der Waals surface area contributed by atoms with Gasteiger partial charge in [-0.3, -0.25) is 4.79 Å². The first-order valence-electron chi connectivity index (χ1n) is 6.93. The molecule has 21 heavy (non-hydrogen) atoms. The quantitative estimate of drug-likeness (QED) is 0.807. The van der Waals surface area contributed by atoms with E-state index in [1.54, 1.807) is 24.7 Å². The molecule has 1 aliphatic carbocycles. The van der Waals surface area contributed by atoms with E-state index in [1.165, 1.54) is 17.4 Å². The largest absolute Gasteiger partial charge is 0.472 e. The number of thiophene rings is 1. The molecule has 0 aliphatic heterocycles. The van der Waals surface area contributed by atoms with Gasteiger partial charge in [-0.15, -0.1) is 11.3 Å². The number of hydrogen-bond donors (Lipinski definition) is 2. The molecule has 110 valence electrons. The summed E-state index contributed by atoms with van der Waals surface area (Å²) in [7, 11) is 0. The van der Waals surface area contributed by atoms with E-state index in [0.29, 0.717) is 0 Å². The van der Waals surface area contributed by atoms with Crippen LogP contribution in [0.3, 0.4) is 0 Å². The topological polar surface area (TPSA) is 62.5 Å². The van der Waals surface area contributed by atoms with Crippen molar-refractivity contribution in [3.8, 4) is 0 Å². The molecule has 0 radical (unpaired) electrons. The Morgan fingerprint density at radius 1 is 1.52 bits per heavy atom. The number of nitrogens with one attached hydrogen (secondary N) is 1. The van der Waals surface area contributed by atoms with E-state index in [4.69, 9.17) is 4.42 Å². The lowest BCUT2D eigenvalue weighted by molar-refractivity contribution is -0.118. The molecule has 1 saturated carbocycles. The molecule has 1 fully saturated rings. The van der Waals surface area contributed by atoms with Crippen LogP contribution in [-0.4, -0.2) is 17.6 Å². The Morgan fingerprint density at radius 2 is 2.38 bits per heavy atom. The molecule has 5 heteroatoms. The van der Waals surface area contributed by atoms with E-state index in [1.807, 2.05) is 17.5 Å². The summed E-state index contributed by atoms with van der Waals surface area (Å²) in [5, 5.41) is 15.6. The zero-order valence-electron chi connectivity index (χ0n) is 11.5. The van der Waals surface area contributed by atoms with Gasteiger partial charge in [-0.05, 0) is 42.3 Å². The fourth-order valence-electron chi connectivity index (χ4n) is 2.34. The van der Waals surface area contributed by atoms with E-state index in [9.17, 15) is 9.90 Å². The minimum Gasteiger partial charge on any atom is -0.472 e. The average molecular weight is 303 g/mol. The van der Waals surface area contributed by atoms with Gasteiger partial charge in [0.25, 0.3) is 0 Å². The van der Waals surface area contributed by atoms with Crippen LogP contribution in [0.5, 0.6) is 0 Å². The van der Waals surface area contributed by atoms with Gasteiger partial charge >= 0.3 is 0 Å². The maximum Gasteiger partial charge on any atom is 0.244 e. The van der Waals surface area contributed by atoms with Gasteiger partial charge in [-0.25, -0.2) is 0 Å². The molecule has 2 aromatic rings. The van der Waals surface area contributed by atoms with E-state index in [0.717, 1.165) is 23.3 Å². The first kappa shape index (κ1) is 14.1. The number of carbonyl (C=O) groups excluding carboxylic acids is 1. The smallest absolute Gasteiger partial charge is 0.244 e. The highest BCUT2D eigenvalue weighted by molar-refractivity contribution is 7.10. The van der Waals surface area contributed by atoms with Crippen LogP contribution in [0.1, 0.15) is 23.3 Å². The van der Waals surface area contributed by atoms with Crippen molar-refractivity contribution < 1.29 is 14.3 Å². The molecule has 1 atom stereocenters. The number of furan rings is 1. The number of hydrogen-bond acceptors (Lipinski definition) is 4. The van der Waals surface area contributed by atoms with Crippen molar-refractivity contribution in [2.24, 2.45) is 5.92 Å². The van der Waals surface area contributed by atoms with Crippen molar-refractivity contribution >= 4 is 23.3 Å². The first-order valence-corrected chi connectivity index (χ1v) is 7.81. The molecule has 1 aliphatic rings. The third kappa shape index (κ3) is 3.25. The monoisotopic (exact) mass is 303 g/mol. The molecule has 0 saturated heterocycles. The van der Waals surface area contributed by atoms with Crippen LogP contribution in [0.25, 0.3) is 6.08 Å². The lowest BCUT2D eigenvalue weighted by Crippen LogP contribution is -2.41. The highest BCUT2D eigenvalue weighted by Crippen LogP contribution is 2.46. The van der Waals surface area contributed by atoms with Crippen LogP contribution in [0.4, 0.5) is 0 Å². The zero-order valence-corrected chi connectivity index (χ0v) is 12.3. The SMILES string of the molecule is O=C(/C=C/c1ccoc1)NC[C@@](O)(c1cccs1)C1CC1. The average Bonchev–Trinajstić information content (AvgIpc) is 3.00. The van der Waals surface area contributed by atoms with Gasteiger partial charge in [0.05, 0.1) is 19.1 Å². The van der Waals surface area contributed by atoms with Crippen molar-refractivity contribution in [2.45, 2.75) is 18.4 Å². The van der Waals surface area contributed by atoms with Gasteiger partial charge in [0.15, 0.2) is 0 Å². The van der Waals surface area contributed by atoms with E-state index in [2.05, 4.69) is 5.32 Å². The molecule has 1 amide bonds. The normalized spacial score (nSPS) is 17.8. The predicted octanol–water partition coefficient (Wildman–Crippen LogP) is 2.77. The summed E-state index contributed by atoms with van der Waals surface area (Å²) in [5.74, 6) is 0.0288. The van der Waals surface area contributed by atoms with Crippen LogP contribution >= 0.6 is 11.3 Å². The fraction of sp³-hybridized carbons (Fsp3) is 0.312. The molecule has 2 heterocycles. The summed E-state index contributed by atoms with van der Waals surface area (Å²) in [6.07, 6.45) is 8.27. The van der Waals surface area contributed by atoms with Crippen molar-refractivity contribution in [2.75, 3.05) is 6.54 Å². The van der Waals surface area contributed by atoms with Gasteiger partial charge in [0.2, 0.25) is 5.91 Å². The summed E-state index contributed by atoms with van der Waals surface area (Å²) in [6.45, 7) is 0.243. The van der Waals surface area contributed by atoms with Crippen LogP contribution in [0, 0.1) is 5.92 Å². The molecule has 2 aromatic heterocycles. The third-order valence-electron chi connectivity index (χ3n) is 3.70. The maximum absolute atomic E-state index is 11.9. The fourth-order valence-corrected chi connectivity index (χ4v) is 3.24. The van der Waals surface area contributed by atoms with Crippen molar-refractivity contribution in [3.05, 3.63) is 52.6 Å². The van der Waals surface area contributed by atoms with Gasteiger partial charge in [0.1, 0.15) is 5.60 Å². The molecule has 0 bridgehead atoms. The van der Waals surface area contributed by atoms with Crippen molar-refractivity contribution in [1.29, 1.82) is 0 Å². The molecule has 0 spiro atoms. The van der Waals surface area contributed by atoms with E-state index < -0.39 is 5.60 Å². The molecular weight excluding hydrogens is 286 g/mol. The Bertz CT molecular complexity index is 614. The molecule has 0 aromatic carbocycles.